The minimum Gasteiger partial charge on any atom is -0.310 e. The lowest BCUT2D eigenvalue weighted by Gasteiger charge is -2.34. The van der Waals surface area contributed by atoms with E-state index in [4.69, 9.17) is 4.98 Å². The van der Waals surface area contributed by atoms with Crippen LogP contribution in [-0.4, -0.2) is 17.6 Å². The summed E-state index contributed by atoms with van der Waals surface area (Å²) in [6, 6.07) is 53.4. The van der Waals surface area contributed by atoms with Crippen molar-refractivity contribution >= 4 is 45.8 Å². The molecule has 2 heterocycles. The summed E-state index contributed by atoms with van der Waals surface area (Å²) < 4.78 is 2.44. The van der Waals surface area contributed by atoms with E-state index < -0.39 is 8.07 Å². The maximum absolute atomic E-state index is 4.90. The van der Waals surface area contributed by atoms with Crippen LogP contribution < -0.4 is 20.7 Å². The maximum Gasteiger partial charge on any atom is 0.181 e. The van der Waals surface area contributed by atoms with Crippen molar-refractivity contribution in [3.8, 4) is 16.8 Å². The molecule has 210 valence electrons. The number of benzene rings is 5. The van der Waals surface area contributed by atoms with Crippen molar-refractivity contribution in [2.24, 2.45) is 0 Å². The van der Waals surface area contributed by atoms with Crippen LogP contribution in [0.15, 0.2) is 164 Å². The summed E-state index contributed by atoms with van der Waals surface area (Å²) in [6.07, 6.45) is 10.9. The van der Waals surface area contributed by atoms with Gasteiger partial charge in [0, 0.05) is 29.2 Å². The molecule has 44 heavy (non-hydrogen) atoms. The van der Waals surface area contributed by atoms with Gasteiger partial charge in [0.15, 0.2) is 8.07 Å². The average Bonchev–Trinajstić information content (AvgIpc) is 3.44. The molecule has 3 heteroatoms. The summed E-state index contributed by atoms with van der Waals surface area (Å²) in [5, 5.41) is 6.72. The van der Waals surface area contributed by atoms with Crippen molar-refractivity contribution < 1.29 is 0 Å². The number of aryl methyl sites for hydroxylation is 1. The zero-order valence-electron chi connectivity index (χ0n) is 24.5. The third kappa shape index (κ3) is 4.28. The highest BCUT2D eigenvalue weighted by Gasteiger charge is 2.42. The van der Waals surface area contributed by atoms with E-state index in [9.17, 15) is 0 Å². The van der Waals surface area contributed by atoms with Gasteiger partial charge in [-0.1, -0.05) is 133 Å². The van der Waals surface area contributed by atoms with Gasteiger partial charge in [-0.05, 0) is 74.6 Å². The minimum absolute atomic E-state index is 1.04. The molecule has 1 aliphatic carbocycles. The number of hydrogen-bond donors (Lipinski definition) is 0. The Labute approximate surface area is 259 Å². The van der Waals surface area contributed by atoms with Gasteiger partial charge in [0.2, 0.25) is 0 Å². The Balaban J connectivity index is 1.46. The Bertz CT molecular complexity index is 2060. The summed E-state index contributed by atoms with van der Waals surface area (Å²) in [4.78, 5) is 4.90. The molecule has 0 atom stereocenters. The van der Waals surface area contributed by atoms with Gasteiger partial charge in [0.05, 0.1) is 5.52 Å². The van der Waals surface area contributed by atoms with Gasteiger partial charge >= 0.3 is 0 Å². The third-order valence-electron chi connectivity index (χ3n) is 9.09. The second-order valence-electron chi connectivity index (χ2n) is 11.5. The van der Waals surface area contributed by atoms with E-state index in [2.05, 4.69) is 169 Å². The molecule has 0 spiro atoms. The molecule has 0 bridgehead atoms. The third-order valence-corrected chi connectivity index (χ3v) is 13.8. The van der Waals surface area contributed by atoms with E-state index in [-0.39, 0.29) is 0 Å². The van der Waals surface area contributed by atoms with Gasteiger partial charge in [-0.15, -0.1) is 0 Å². The molecule has 7 aromatic rings. The van der Waals surface area contributed by atoms with Crippen LogP contribution >= 0.6 is 0 Å². The first kappa shape index (κ1) is 26.4. The first-order valence-electron chi connectivity index (χ1n) is 15.4. The van der Waals surface area contributed by atoms with Crippen molar-refractivity contribution in [2.45, 2.75) is 12.8 Å². The predicted molar refractivity (Wildman–Crippen MR) is 187 cm³/mol. The number of rotatable bonds is 6. The van der Waals surface area contributed by atoms with Crippen LogP contribution in [0.2, 0.25) is 0 Å². The molecule has 0 radical (unpaired) electrons. The van der Waals surface area contributed by atoms with E-state index in [0.717, 1.165) is 18.4 Å². The number of aromatic nitrogens is 2. The lowest BCUT2D eigenvalue weighted by Crippen LogP contribution is -2.74. The van der Waals surface area contributed by atoms with Gasteiger partial charge in [-0.2, -0.15) is 0 Å². The Hall–Kier alpha value is -5.25. The highest BCUT2D eigenvalue weighted by Crippen LogP contribution is 2.34. The Morgan fingerprint density at radius 2 is 1.18 bits per heavy atom. The fraction of sp³-hybridized carbons (Fsp3) is 0.0488. The van der Waals surface area contributed by atoms with Crippen LogP contribution in [0.1, 0.15) is 17.7 Å². The van der Waals surface area contributed by atoms with E-state index in [1.54, 1.807) is 0 Å². The van der Waals surface area contributed by atoms with Crippen molar-refractivity contribution in [1.82, 2.24) is 9.55 Å². The van der Waals surface area contributed by atoms with Crippen molar-refractivity contribution in [3.05, 3.63) is 175 Å². The Kier molecular flexibility index (Phi) is 6.66. The van der Waals surface area contributed by atoms with Crippen LogP contribution in [0, 0.1) is 0 Å². The smallest absolute Gasteiger partial charge is 0.181 e. The van der Waals surface area contributed by atoms with Crippen LogP contribution in [0.3, 0.4) is 0 Å². The molecular weight excluding hydrogens is 549 g/mol. The molecule has 0 amide bonds. The first-order valence-corrected chi connectivity index (χ1v) is 17.4. The number of fused-ring (bicyclic) bond motifs is 3. The van der Waals surface area contributed by atoms with Gasteiger partial charge < -0.3 is 4.57 Å². The normalized spacial score (nSPS) is 12.7. The molecule has 5 aromatic carbocycles. The molecule has 2 nitrogen and oxygen atoms in total. The number of para-hydroxylation sites is 1. The average molecular weight is 581 g/mol. The van der Waals surface area contributed by atoms with Gasteiger partial charge in [0.25, 0.3) is 0 Å². The molecule has 2 aromatic heterocycles. The highest BCUT2D eigenvalue weighted by atomic mass is 28.3. The van der Waals surface area contributed by atoms with Crippen molar-refractivity contribution in [1.29, 1.82) is 0 Å². The fourth-order valence-electron chi connectivity index (χ4n) is 7.13. The Morgan fingerprint density at radius 1 is 0.545 bits per heavy atom. The van der Waals surface area contributed by atoms with E-state index in [1.165, 1.54) is 54.2 Å². The monoisotopic (exact) mass is 580 g/mol. The van der Waals surface area contributed by atoms with Gasteiger partial charge in [-0.3, -0.25) is 4.98 Å². The molecule has 0 saturated heterocycles. The number of hydrogen-bond acceptors (Lipinski definition) is 1. The standard InChI is InChI=1S/C41H32N2Si/c1-5-15-31(16-6-1)32-27-37(30-42-29-32)44(34-19-9-3-10-20-34,35-21-11-4-12-22-35)36-25-26-41-39(28-36)38-23-13-14-24-40(38)43(41)33-17-7-2-8-18-33/h1-12,14-22,24-30H,13,23H2. The number of allylic oxidation sites excluding steroid dienone is 1. The minimum atomic E-state index is -2.79. The number of nitrogens with zero attached hydrogens (tertiary/aromatic N) is 2. The quantitative estimate of drug-likeness (QED) is 0.153. The predicted octanol–water partition coefficient (Wildman–Crippen LogP) is 7.03. The molecule has 8 rings (SSSR count). The second kappa shape index (κ2) is 11.1. The van der Waals surface area contributed by atoms with E-state index >= 15 is 0 Å². The Morgan fingerprint density at radius 3 is 1.86 bits per heavy atom. The van der Waals surface area contributed by atoms with Crippen molar-refractivity contribution in [2.75, 3.05) is 0 Å². The van der Waals surface area contributed by atoms with Crippen molar-refractivity contribution in [3.63, 3.8) is 0 Å². The van der Waals surface area contributed by atoms with E-state index in [0.29, 0.717) is 0 Å². The SMILES string of the molecule is C1=Cc2c(c3cc([Si](c4ccccc4)(c4ccccc4)c4cncc(-c5ccccc5)c4)ccc3n2-c2ccccc2)CC1. The molecule has 0 fully saturated rings. The van der Waals surface area contributed by atoms with Crippen LogP contribution in [-0.2, 0) is 6.42 Å². The summed E-state index contributed by atoms with van der Waals surface area (Å²) in [5.41, 5.74) is 7.53. The summed E-state index contributed by atoms with van der Waals surface area (Å²) >= 11 is 0. The molecular formula is C41H32N2Si. The zero-order valence-corrected chi connectivity index (χ0v) is 25.5. The molecule has 0 aliphatic heterocycles. The molecule has 0 N–H and O–H groups in total. The van der Waals surface area contributed by atoms with E-state index in [1.807, 2.05) is 6.20 Å². The largest absolute Gasteiger partial charge is 0.310 e. The van der Waals surface area contributed by atoms with Crippen LogP contribution in [0.5, 0.6) is 0 Å². The van der Waals surface area contributed by atoms with Gasteiger partial charge in [0.1, 0.15) is 0 Å². The zero-order chi connectivity index (χ0) is 29.3. The molecule has 0 unspecified atom stereocenters. The molecule has 0 saturated carbocycles. The molecule has 1 aliphatic rings. The lowest BCUT2D eigenvalue weighted by atomic mass is 10.0. The summed E-state index contributed by atoms with van der Waals surface area (Å²) in [6.45, 7) is 0. The number of pyridine rings is 1. The highest BCUT2D eigenvalue weighted by molar-refractivity contribution is 7.20. The first-order chi connectivity index (χ1) is 21.8. The fourth-order valence-corrected chi connectivity index (χ4v) is 11.9. The topological polar surface area (TPSA) is 17.8 Å². The summed E-state index contributed by atoms with van der Waals surface area (Å²) in [7, 11) is -2.79. The second-order valence-corrected chi connectivity index (χ2v) is 15.3. The lowest BCUT2D eigenvalue weighted by molar-refractivity contribution is 0.967. The van der Waals surface area contributed by atoms with Crippen LogP contribution in [0.25, 0.3) is 33.8 Å². The maximum atomic E-state index is 4.90. The van der Waals surface area contributed by atoms with Gasteiger partial charge in [-0.25, -0.2) is 0 Å². The van der Waals surface area contributed by atoms with Crippen LogP contribution in [0.4, 0.5) is 0 Å². The summed E-state index contributed by atoms with van der Waals surface area (Å²) in [5.74, 6) is 0.